The van der Waals surface area contributed by atoms with Gasteiger partial charge in [-0.15, -0.1) is 0 Å². The van der Waals surface area contributed by atoms with Gasteiger partial charge in [-0.25, -0.2) is 9.97 Å². The fourth-order valence-electron chi connectivity index (χ4n) is 8.16. The quantitative estimate of drug-likeness (QED) is 0.183. The maximum atomic E-state index is 5.30. The number of hydrogen-bond acceptors (Lipinski definition) is 2. The minimum absolute atomic E-state index is 0.421. The zero-order valence-electron chi connectivity index (χ0n) is 26.7. The lowest BCUT2D eigenvalue weighted by Gasteiger charge is -2.34. The molecule has 10 rings (SSSR count). The molecule has 1 aliphatic carbocycles. The summed E-state index contributed by atoms with van der Waals surface area (Å²) >= 11 is 0. The lowest BCUT2D eigenvalue weighted by molar-refractivity contribution is 0.769. The zero-order valence-corrected chi connectivity index (χ0v) is 26.7. The maximum Gasteiger partial charge on any atom is 0.160 e. The van der Waals surface area contributed by atoms with Crippen LogP contribution in [-0.4, -0.2) is 9.97 Å². The van der Waals surface area contributed by atoms with Gasteiger partial charge in [-0.3, -0.25) is 0 Å². The molecule has 0 unspecified atom stereocenters. The Morgan fingerprint density at radius 2 is 1.04 bits per heavy atom. The molecule has 49 heavy (non-hydrogen) atoms. The monoisotopic (exact) mass is 622 g/mol. The van der Waals surface area contributed by atoms with Gasteiger partial charge in [0.2, 0.25) is 0 Å². The summed E-state index contributed by atoms with van der Waals surface area (Å²) in [6.07, 6.45) is 0. The molecule has 1 aliphatic rings. The second kappa shape index (κ2) is 10.8. The third kappa shape index (κ3) is 4.14. The van der Waals surface area contributed by atoms with Crippen LogP contribution in [0.3, 0.4) is 0 Å². The summed E-state index contributed by atoms with van der Waals surface area (Å²) in [5.41, 5.74) is 11.3. The fourth-order valence-corrected chi connectivity index (χ4v) is 8.16. The smallest absolute Gasteiger partial charge is 0.160 e. The molecule has 8 aromatic carbocycles. The molecule has 1 heterocycles. The van der Waals surface area contributed by atoms with E-state index in [0.29, 0.717) is 0 Å². The van der Waals surface area contributed by atoms with E-state index >= 15 is 0 Å². The first-order valence-electron chi connectivity index (χ1n) is 16.8. The van der Waals surface area contributed by atoms with E-state index in [1.165, 1.54) is 54.9 Å². The first-order chi connectivity index (χ1) is 24.3. The van der Waals surface area contributed by atoms with Gasteiger partial charge in [0.15, 0.2) is 5.82 Å². The van der Waals surface area contributed by atoms with Crippen LogP contribution in [0.1, 0.15) is 22.3 Å². The maximum absolute atomic E-state index is 5.30. The van der Waals surface area contributed by atoms with Crippen LogP contribution in [-0.2, 0) is 5.41 Å². The number of hydrogen-bond donors (Lipinski definition) is 0. The van der Waals surface area contributed by atoms with Crippen LogP contribution in [0, 0.1) is 0 Å². The van der Waals surface area contributed by atoms with Crippen LogP contribution in [0.25, 0.3) is 66.2 Å². The molecule has 0 radical (unpaired) electrons. The van der Waals surface area contributed by atoms with Crippen molar-refractivity contribution in [3.8, 4) is 33.8 Å². The number of nitrogens with zero attached hydrogens (tertiary/aromatic N) is 2. The zero-order chi connectivity index (χ0) is 32.4. The number of aromatic nitrogens is 2. The van der Waals surface area contributed by atoms with Gasteiger partial charge < -0.3 is 0 Å². The molecular weight excluding hydrogens is 593 g/mol. The average Bonchev–Trinajstić information content (AvgIpc) is 3.47. The predicted octanol–water partition coefficient (Wildman–Crippen LogP) is 11.6. The van der Waals surface area contributed by atoms with Gasteiger partial charge in [0.25, 0.3) is 0 Å². The molecule has 0 amide bonds. The van der Waals surface area contributed by atoms with Gasteiger partial charge >= 0.3 is 0 Å². The van der Waals surface area contributed by atoms with Gasteiger partial charge in [0.1, 0.15) is 0 Å². The van der Waals surface area contributed by atoms with Crippen LogP contribution < -0.4 is 0 Å². The van der Waals surface area contributed by atoms with Gasteiger partial charge in [-0.2, -0.15) is 0 Å². The van der Waals surface area contributed by atoms with Crippen molar-refractivity contribution in [2.45, 2.75) is 5.41 Å². The van der Waals surface area contributed by atoms with Gasteiger partial charge in [0, 0.05) is 16.5 Å². The Labute approximate surface area is 285 Å². The van der Waals surface area contributed by atoms with Gasteiger partial charge in [0.05, 0.1) is 16.6 Å². The molecule has 0 saturated carbocycles. The van der Waals surface area contributed by atoms with Crippen LogP contribution in [0.4, 0.5) is 0 Å². The van der Waals surface area contributed by atoms with Crippen molar-refractivity contribution in [3.05, 3.63) is 204 Å². The van der Waals surface area contributed by atoms with E-state index in [4.69, 9.17) is 9.97 Å². The Hall–Kier alpha value is -6.38. The van der Waals surface area contributed by atoms with Crippen LogP contribution >= 0.6 is 0 Å². The second-order valence-corrected chi connectivity index (χ2v) is 12.9. The molecule has 0 fully saturated rings. The Bertz CT molecular complexity index is 2660. The Kier molecular flexibility index (Phi) is 6.13. The Morgan fingerprint density at radius 1 is 0.388 bits per heavy atom. The van der Waals surface area contributed by atoms with Crippen molar-refractivity contribution in [2.24, 2.45) is 0 Å². The highest BCUT2D eigenvalue weighted by molar-refractivity contribution is 6.12. The van der Waals surface area contributed by atoms with E-state index in [-0.39, 0.29) is 0 Å². The lowest BCUT2D eigenvalue weighted by Crippen LogP contribution is -2.28. The molecule has 0 bridgehead atoms. The van der Waals surface area contributed by atoms with Gasteiger partial charge in [-0.1, -0.05) is 158 Å². The van der Waals surface area contributed by atoms with Crippen molar-refractivity contribution >= 4 is 32.4 Å². The SMILES string of the molecule is c1ccc(-c2nc(-c3ccc4cc5c(cc4c3)-c3ccccc3C5(c3ccccc3)c3ccccc3)nc3ccc4ccccc4c23)cc1. The summed E-state index contributed by atoms with van der Waals surface area (Å²) in [4.78, 5) is 10.5. The third-order valence-electron chi connectivity index (χ3n) is 10.3. The summed E-state index contributed by atoms with van der Waals surface area (Å²) < 4.78 is 0. The summed E-state index contributed by atoms with van der Waals surface area (Å²) in [7, 11) is 0. The molecule has 1 aromatic heterocycles. The van der Waals surface area contributed by atoms with E-state index in [0.717, 1.165) is 33.5 Å². The van der Waals surface area contributed by atoms with E-state index in [1.54, 1.807) is 0 Å². The predicted molar refractivity (Wildman–Crippen MR) is 203 cm³/mol. The van der Waals surface area contributed by atoms with E-state index < -0.39 is 5.41 Å². The minimum Gasteiger partial charge on any atom is -0.228 e. The largest absolute Gasteiger partial charge is 0.228 e. The first-order valence-corrected chi connectivity index (χ1v) is 16.8. The molecule has 9 aromatic rings. The standard InChI is InChI=1S/C47H30N2/c1-4-15-32(16-5-1)45-44-38-21-11-10-14-31(38)26-27-43(44)48-46(49-45)34-25-24-33-30-42-40(29-35(33)28-34)39-22-12-13-23-41(39)47(42,36-17-6-2-7-18-36)37-19-8-3-9-20-37/h1-30H. The number of benzene rings is 8. The number of fused-ring (bicyclic) bond motifs is 7. The van der Waals surface area contributed by atoms with Crippen molar-refractivity contribution in [1.82, 2.24) is 9.97 Å². The Balaban J connectivity index is 1.21. The summed E-state index contributed by atoms with van der Waals surface area (Å²) in [5, 5.41) is 5.80. The first kappa shape index (κ1) is 27.7. The highest BCUT2D eigenvalue weighted by Gasteiger charge is 2.46. The highest BCUT2D eigenvalue weighted by Crippen LogP contribution is 2.56. The molecule has 2 nitrogen and oxygen atoms in total. The van der Waals surface area contributed by atoms with E-state index in [1.807, 2.05) is 0 Å². The fraction of sp³-hybridized carbons (Fsp3) is 0.0213. The highest BCUT2D eigenvalue weighted by atomic mass is 14.9. The number of rotatable bonds is 4. The van der Waals surface area contributed by atoms with Gasteiger partial charge in [-0.05, 0) is 79.2 Å². The van der Waals surface area contributed by atoms with Crippen molar-refractivity contribution in [1.29, 1.82) is 0 Å². The Morgan fingerprint density at radius 3 is 1.82 bits per heavy atom. The van der Waals surface area contributed by atoms with Crippen LogP contribution in [0.5, 0.6) is 0 Å². The van der Waals surface area contributed by atoms with Crippen molar-refractivity contribution < 1.29 is 0 Å². The normalized spacial score (nSPS) is 13.1. The lowest BCUT2D eigenvalue weighted by atomic mass is 9.67. The molecule has 2 heteroatoms. The molecular formula is C47H30N2. The van der Waals surface area contributed by atoms with Crippen molar-refractivity contribution in [3.63, 3.8) is 0 Å². The molecule has 0 atom stereocenters. The van der Waals surface area contributed by atoms with Crippen LogP contribution in [0.2, 0.25) is 0 Å². The minimum atomic E-state index is -0.421. The van der Waals surface area contributed by atoms with Crippen LogP contribution in [0.15, 0.2) is 182 Å². The summed E-state index contributed by atoms with van der Waals surface area (Å²) in [5.74, 6) is 0.729. The van der Waals surface area contributed by atoms with Crippen molar-refractivity contribution in [2.75, 3.05) is 0 Å². The van der Waals surface area contributed by atoms with E-state index in [9.17, 15) is 0 Å². The summed E-state index contributed by atoms with van der Waals surface area (Å²) in [6.45, 7) is 0. The molecule has 0 N–H and O–H groups in total. The third-order valence-corrected chi connectivity index (χ3v) is 10.3. The average molecular weight is 623 g/mol. The van der Waals surface area contributed by atoms with E-state index in [2.05, 4.69) is 182 Å². The topological polar surface area (TPSA) is 25.8 Å². The summed E-state index contributed by atoms with van der Waals surface area (Å²) in [6, 6.07) is 65.6. The molecule has 228 valence electrons. The second-order valence-electron chi connectivity index (χ2n) is 12.9. The molecule has 0 spiro atoms. The molecule has 0 saturated heterocycles. The molecule has 0 aliphatic heterocycles.